The zero-order chi connectivity index (χ0) is 18.2. The number of nitrogens with zero attached hydrogens (tertiary/aromatic N) is 1. The summed E-state index contributed by atoms with van der Waals surface area (Å²) in [6.45, 7) is 8.85. The second-order valence-electron chi connectivity index (χ2n) is 7.11. The lowest BCUT2D eigenvalue weighted by Crippen LogP contribution is -2.36. The van der Waals surface area contributed by atoms with E-state index in [-0.39, 0.29) is 24.1 Å². The number of aryl methyl sites for hydroxylation is 1. The van der Waals surface area contributed by atoms with Gasteiger partial charge in [-0.1, -0.05) is 32.9 Å². The number of benzene rings is 1. The first-order valence-electron chi connectivity index (χ1n) is 8.22. The molecule has 0 aliphatic rings. The summed E-state index contributed by atoms with van der Waals surface area (Å²) in [5.74, 6) is 0.727. The van der Waals surface area contributed by atoms with Crippen LogP contribution in [-0.4, -0.2) is 16.2 Å². The standard InChI is InChI=1S/C19H22N2O3S/c1-12-11-15-16(25-12)20-18(23)21(17(15)22)9-10-24-14-7-5-13(6-8-14)19(2,3)4/h5-8,11H,9-10H2,1-4H3,(H,20,23). The van der Waals surface area contributed by atoms with Crippen LogP contribution in [0.3, 0.4) is 0 Å². The minimum absolute atomic E-state index is 0.0905. The molecule has 0 aliphatic carbocycles. The Balaban J connectivity index is 1.73. The molecule has 132 valence electrons. The van der Waals surface area contributed by atoms with Gasteiger partial charge in [0.2, 0.25) is 0 Å². The third kappa shape index (κ3) is 3.69. The number of nitrogens with one attached hydrogen (secondary N) is 1. The molecule has 1 N–H and O–H groups in total. The molecule has 3 aromatic rings. The van der Waals surface area contributed by atoms with Crippen LogP contribution in [0.5, 0.6) is 5.75 Å². The van der Waals surface area contributed by atoms with Crippen molar-refractivity contribution >= 4 is 21.6 Å². The number of hydrogen-bond acceptors (Lipinski definition) is 4. The van der Waals surface area contributed by atoms with Gasteiger partial charge in [-0.05, 0) is 36.1 Å². The molecule has 1 aromatic carbocycles. The van der Waals surface area contributed by atoms with E-state index in [9.17, 15) is 9.59 Å². The molecule has 2 heterocycles. The van der Waals surface area contributed by atoms with Crippen LogP contribution >= 0.6 is 11.3 Å². The maximum Gasteiger partial charge on any atom is 0.329 e. The summed E-state index contributed by atoms with van der Waals surface area (Å²) in [7, 11) is 0. The first-order valence-corrected chi connectivity index (χ1v) is 9.04. The van der Waals surface area contributed by atoms with E-state index in [2.05, 4.69) is 25.8 Å². The number of fused-ring (bicyclic) bond motifs is 1. The van der Waals surface area contributed by atoms with Gasteiger partial charge < -0.3 is 4.74 Å². The van der Waals surface area contributed by atoms with E-state index in [1.165, 1.54) is 21.5 Å². The monoisotopic (exact) mass is 358 g/mol. The van der Waals surface area contributed by atoms with Gasteiger partial charge in [0, 0.05) is 4.88 Å². The highest BCUT2D eigenvalue weighted by Crippen LogP contribution is 2.24. The van der Waals surface area contributed by atoms with Crippen molar-refractivity contribution in [3.63, 3.8) is 0 Å². The van der Waals surface area contributed by atoms with Gasteiger partial charge in [0.25, 0.3) is 5.56 Å². The third-order valence-electron chi connectivity index (χ3n) is 4.10. The Labute approximate surface area is 149 Å². The van der Waals surface area contributed by atoms with Crippen LogP contribution in [-0.2, 0) is 12.0 Å². The van der Waals surface area contributed by atoms with Crippen LogP contribution in [0.1, 0.15) is 31.2 Å². The molecule has 0 bridgehead atoms. The van der Waals surface area contributed by atoms with Gasteiger partial charge in [0.1, 0.15) is 17.2 Å². The van der Waals surface area contributed by atoms with Crippen LogP contribution in [0.15, 0.2) is 39.9 Å². The smallest absolute Gasteiger partial charge is 0.329 e. The van der Waals surface area contributed by atoms with Crippen molar-refractivity contribution in [2.24, 2.45) is 0 Å². The number of aromatic amines is 1. The van der Waals surface area contributed by atoms with Crippen molar-refractivity contribution in [1.29, 1.82) is 0 Å². The average Bonchev–Trinajstić information content (AvgIpc) is 2.90. The van der Waals surface area contributed by atoms with Crippen LogP contribution in [0, 0.1) is 6.92 Å². The van der Waals surface area contributed by atoms with Crippen molar-refractivity contribution in [3.05, 3.63) is 61.6 Å². The Hall–Kier alpha value is -2.34. The van der Waals surface area contributed by atoms with E-state index in [4.69, 9.17) is 4.74 Å². The Morgan fingerprint density at radius 2 is 1.84 bits per heavy atom. The molecule has 0 spiro atoms. The summed E-state index contributed by atoms with van der Waals surface area (Å²) < 4.78 is 6.89. The molecule has 25 heavy (non-hydrogen) atoms. The van der Waals surface area contributed by atoms with E-state index in [0.717, 1.165) is 10.6 Å². The molecule has 0 radical (unpaired) electrons. The van der Waals surface area contributed by atoms with Gasteiger partial charge in [-0.25, -0.2) is 4.79 Å². The first kappa shape index (κ1) is 17.5. The van der Waals surface area contributed by atoms with E-state index in [1.807, 2.05) is 31.2 Å². The molecule has 0 atom stereocenters. The van der Waals surface area contributed by atoms with E-state index < -0.39 is 5.69 Å². The van der Waals surface area contributed by atoms with Gasteiger partial charge in [0.15, 0.2) is 0 Å². The molecule has 5 nitrogen and oxygen atoms in total. The van der Waals surface area contributed by atoms with Crippen LogP contribution < -0.4 is 16.0 Å². The van der Waals surface area contributed by atoms with Gasteiger partial charge >= 0.3 is 5.69 Å². The maximum absolute atomic E-state index is 12.5. The third-order valence-corrected chi connectivity index (χ3v) is 5.07. The second kappa shape index (κ2) is 6.52. The predicted octanol–water partition coefficient (Wildman–Crippen LogP) is 3.44. The summed E-state index contributed by atoms with van der Waals surface area (Å²) in [5, 5.41) is 0.552. The first-order chi connectivity index (χ1) is 11.8. The summed E-state index contributed by atoms with van der Waals surface area (Å²) in [4.78, 5) is 29.0. The average molecular weight is 358 g/mol. The molecular weight excluding hydrogens is 336 g/mol. The normalized spacial score (nSPS) is 11.8. The fourth-order valence-corrected chi connectivity index (χ4v) is 3.57. The lowest BCUT2D eigenvalue weighted by molar-refractivity contribution is 0.294. The largest absolute Gasteiger partial charge is 0.492 e. The van der Waals surface area contributed by atoms with Crippen molar-refractivity contribution in [2.75, 3.05) is 6.61 Å². The van der Waals surface area contributed by atoms with E-state index in [0.29, 0.717) is 10.2 Å². The molecule has 6 heteroatoms. The molecule has 0 saturated heterocycles. The molecule has 0 unspecified atom stereocenters. The summed E-state index contributed by atoms with van der Waals surface area (Å²) in [6, 6.07) is 9.71. The Morgan fingerprint density at radius 3 is 2.48 bits per heavy atom. The number of rotatable bonds is 4. The number of ether oxygens (including phenoxy) is 1. The van der Waals surface area contributed by atoms with Gasteiger partial charge in [-0.3, -0.25) is 14.3 Å². The van der Waals surface area contributed by atoms with Crippen molar-refractivity contribution in [3.8, 4) is 5.75 Å². The second-order valence-corrected chi connectivity index (χ2v) is 8.37. The van der Waals surface area contributed by atoms with Gasteiger partial charge in [0.05, 0.1) is 11.9 Å². The number of aromatic nitrogens is 2. The molecule has 2 aromatic heterocycles. The maximum atomic E-state index is 12.5. The fraction of sp³-hybridized carbons (Fsp3) is 0.368. The van der Waals surface area contributed by atoms with Gasteiger partial charge in [-0.2, -0.15) is 0 Å². The fourth-order valence-electron chi connectivity index (χ4n) is 2.68. The highest BCUT2D eigenvalue weighted by Gasteiger charge is 2.13. The molecule has 0 aliphatic heterocycles. The zero-order valence-electron chi connectivity index (χ0n) is 14.9. The predicted molar refractivity (Wildman–Crippen MR) is 102 cm³/mol. The zero-order valence-corrected chi connectivity index (χ0v) is 15.7. The van der Waals surface area contributed by atoms with Gasteiger partial charge in [-0.15, -0.1) is 11.3 Å². The summed E-state index contributed by atoms with van der Waals surface area (Å²) in [5.41, 5.74) is 0.652. The number of H-pyrrole nitrogens is 1. The molecule has 0 fully saturated rings. The highest BCUT2D eigenvalue weighted by atomic mass is 32.1. The van der Waals surface area contributed by atoms with Crippen molar-refractivity contribution < 1.29 is 4.74 Å². The SMILES string of the molecule is Cc1cc2c(=O)n(CCOc3ccc(C(C)(C)C)cc3)c(=O)[nH]c2s1. The highest BCUT2D eigenvalue weighted by molar-refractivity contribution is 7.18. The minimum atomic E-state index is -0.397. The minimum Gasteiger partial charge on any atom is -0.492 e. The Morgan fingerprint density at radius 1 is 1.16 bits per heavy atom. The molecular formula is C19H22N2O3S. The Kier molecular flexibility index (Phi) is 4.56. The topological polar surface area (TPSA) is 64.1 Å². The number of hydrogen-bond donors (Lipinski definition) is 1. The Bertz CT molecular complexity index is 1000. The quantitative estimate of drug-likeness (QED) is 0.777. The molecule has 0 amide bonds. The van der Waals surface area contributed by atoms with Crippen molar-refractivity contribution in [1.82, 2.24) is 9.55 Å². The summed E-state index contributed by atoms with van der Waals surface area (Å²) >= 11 is 1.41. The van der Waals surface area contributed by atoms with Crippen molar-refractivity contribution in [2.45, 2.75) is 39.7 Å². The molecule has 0 saturated carbocycles. The summed E-state index contributed by atoms with van der Waals surface area (Å²) in [6.07, 6.45) is 0. The van der Waals surface area contributed by atoms with Crippen LogP contribution in [0.2, 0.25) is 0 Å². The lowest BCUT2D eigenvalue weighted by atomic mass is 9.87. The van der Waals surface area contributed by atoms with Crippen LogP contribution in [0.4, 0.5) is 0 Å². The molecule has 3 rings (SSSR count). The number of thiophene rings is 1. The lowest BCUT2D eigenvalue weighted by Gasteiger charge is -2.19. The van der Waals surface area contributed by atoms with E-state index >= 15 is 0 Å². The van der Waals surface area contributed by atoms with Crippen LogP contribution in [0.25, 0.3) is 10.2 Å². The van der Waals surface area contributed by atoms with E-state index in [1.54, 1.807) is 6.07 Å².